The van der Waals surface area contributed by atoms with E-state index in [4.69, 9.17) is 9.47 Å². The maximum absolute atomic E-state index is 10.5. The molecule has 11 heteroatoms. The monoisotopic (exact) mass is 508 g/mol. The predicted octanol–water partition coefficient (Wildman–Crippen LogP) is 4.24. The first-order valence-corrected chi connectivity index (χ1v) is 10.5. The summed E-state index contributed by atoms with van der Waals surface area (Å²) in [6.45, 7) is 8.70. The molecule has 0 radical (unpaired) electrons. The molecule has 1 aliphatic rings. The van der Waals surface area contributed by atoms with Crippen LogP contribution in [0.1, 0.15) is 40.5 Å². The van der Waals surface area contributed by atoms with Crippen LogP contribution in [-0.2, 0) is 0 Å². The van der Waals surface area contributed by atoms with E-state index in [0.29, 0.717) is 34.4 Å². The fraction of sp³-hybridized carbons (Fsp3) is 0.435. The van der Waals surface area contributed by atoms with Crippen LogP contribution in [0.3, 0.4) is 0 Å². The summed E-state index contributed by atoms with van der Waals surface area (Å²) < 4.78 is 11.2. The number of methoxy groups -OCH3 is 1. The highest BCUT2D eigenvalue weighted by Gasteiger charge is 2.38. The number of pyridine rings is 1. The van der Waals surface area contributed by atoms with Gasteiger partial charge in [-0.1, -0.05) is 0 Å². The topological polar surface area (TPSA) is 115 Å². The van der Waals surface area contributed by atoms with Crippen LogP contribution < -0.4 is 14.8 Å². The van der Waals surface area contributed by atoms with Gasteiger partial charge in [0.1, 0.15) is 29.6 Å². The van der Waals surface area contributed by atoms with Crippen LogP contribution in [-0.4, -0.2) is 54.5 Å². The summed E-state index contributed by atoms with van der Waals surface area (Å²) in [6, 6.07) is 6.75. The minimum absolute atomic E-state index is 0. The zero-order chi connectivity index (χ0) is 22.9. The van der Waals surface area contributed by atoms with Crippen LogP contribution in [0.4, 0.5) is 0 Å². The maximum atomic E-state index is 10.5. The third kappa shape index (κ3) is 6.43. The Hall–Kier alpha value is -2.75. The molecule has 3 aromatic heterocycles. The minimum atomic E-state index is -0.0232. The molecule has 0 amide bonds. The fourth-order valence-corrected chi connectivity index (χ4v) is 4.39. The number of piperidine rings is 1. The molecule has 0 aliphatic carbocycles. The molecule has 4 rings (SSSR count). The van der Waals surface area contributed by atoms with Gasteiger partial charge in [0, 0.05) is 47.8 Å². The zero-order valence-electron chi connectivity index (χ0n) is 19.8. The molecule has 1 fully saturated rings. The highest BCUT2D eigenvalue weighted by atomic mass is 35.5. The maximum Gasteiger partial charge on any atom is 0.233 e. The van der Waals surface area contributed by atoms with E-state index in [1.54, 1.807) is 30.5 Å². The van der Waals surface area contributed by atoms with Crippen molar-refractivity contribution in [3.63, 3.8) is 0 Å². The number of nitrogens with one attached hydrogen (secondary N) is 1. The molecule has 4 heterocycles. The van der Waals surface area contributed by atoms with Gasteiger partial charge >= 0.3 is 0 Å². The number of aromatic hydroxyl groups is 1. The molecule has 9 nitrogen and oxygen atoms in total. The Bertz CT molecular complexity index is 1100. The van der Waals surface area contributed by atoms with Crippen LogP contribution >= 0.6 is 24.8 Å². The van der Waals surface area contributed by atoms with E-state index in [-0.39, 0.29) is 47.7 Å². The van der Waals surface area contributed by atoms with Crippen molar-refractivity contribution in [2.24, 2.45) is 0 Å². The molecule has 34 heavy (non-hydrogen) atoms. The number of hydrogen-bond acceptors (Lipinski definition) is 9. The molecule has 1 saturated heterocycles. The van der Waals surface area contributed by atoms with Crippen molar-refractivity contribution in [2.75, 3.05) is 7.11 Å². The normalized spacial score (nSPS) is 16.6. The molecule has 184 valence electrons. The van der Waals surface area contributed by atoms with Crippen molar-refractivity contribution < 1.29 is 14.6 Å². The van der Waals surface area contributed by atoms with Gasteiger partial charge in [-0.15, -0.1) is 35.0 Å². The van der Waals surface area contributed by atoms with Crippen LogP contribution in [0.2, 0.25) is 0 Å². The van der Waals surface area contributed by atoms with Crippen LogP contribution in [0.15, 0.2) is 36.8 Å². The van der Waals surface area contributed by atoms with Gasteiger partial charge in [0.15, 0.2) is 0 Å². The van der Waals surface area contributed by atoms with Gasteiger partial charge in [-0.25, -0.2) is 15.0 Å². The molecule has 2 N–H and O–H groups in total. The van der Waals surface area contributed by atoms with E-state index in [2.05, 4.69) is 58.2 Å². The summed E-state index contributed by atoms with van der Waals surface area (Å²) in [5, 5.41) is 22.6. The van der Waals surface area contributed by atoms with E-state index < -0.39 is 0 Å². The van der Waals surface area contributed by atoms with Crippen LogP contribution in [0.25, 0.3) is 22.6 Å². The van der Waals surface area contributed by atoms with Crippen molar-refractivity contribution in [3.05, 3.63) is 36.8 Å². The lowest BCUT2D eigenvalue weighted by Gasteiger charge is -2.46. The largest absolute Gasteiger partial charge is 0.506 e. The Morgan fingerprint density at radius 1 is 0.912 bits per heavy atom. The van der Waals surface area contributed by atoms with Crippen molar-refractivity contribution in [2.45, 2.75) is 57.7 Å². The Morgan fingerprint density at radius 2 is 1.62 bits per heavy atom. The molecular weight excluding hydrogens is 479 g/mol. The second kappa shape index (κ2) is 10.7. The Balaban J connectivity index is 0.00000204. The lowest BCUT2D eigenvalue weighted by atomic mass is 9.81. The van der Waals surface area contributed by atoms with Crippen LogP contribution in [0.5, 0.6) is 17.5 Å². The van der Waals surface area contributed by atoms with E-state index in [1.165, 1.54) is 13.4 Å². The Kier molecular flexibility index (Phi) is 8.63. The van der Waals surface area contributed by atoms with E-state index in [9.17, 15) is 5.11 Å². The average molecular weight is 509 g/mol. The Morgan fingerprint density at radius 3 is 2.21 bits per heavy atom. The van der Waals surface area contributed by atoms with Gasteiger partial charge in [0.2, 0.25) is 11.8 Å². The van der Waals surface area contributed by atoms with Crippen molar-refractivity contribution in [3.8, 4) is 40.2 Å². The lowest BCUT2D eigenvalue weighted by molar-refractivity contribution is 0.0524. The molecule has 0 atom stereocenters. The molecule has 0 saturated carbocycles. The van der Waals surface area contributed by atoms with Gasteiger partial charge in [-0.05, 0) is 39.8 Å². The Labute approximate surface area is 211 Å². The first-order chi connectivity index (χ1) is 15.1. The summed E-state index contributed by atoms with van der Waals surface area (Å²) in [5.41, 5.74) is 1.96. The molecular formula is C23H30Cl2N6O3. The molecule has 0 bridgehead atoms. The van der Waals surface area contributed by atoms with Crippen LogP contribution in [0, 0.1) is 0 Å². The van der Waals surface area contributed by atoms with Crippen molar-refractivity contribution >= 4 is 24.8 Å². The molecule has 0 spiro atoms. The number of hydrogen-bond donors (Lipinski definition) is 2. The molecule has 0 unspecified atom stereocenters. The predicted molar refractivity (Wildman–Crippen MR) is 134 cm³/mol. The fourth-order valence-electron chi connectivity index (χ4n) is 4.39. The van der Waals surface area contributed by atoms with Crippen molar-refractivity contribution in [1.82, 2.24) is 30.5 Å². The summed E-state index contributed by atoms with van der Waals surface area (Å²) in [6.07, 6.45) is 4.79. The van der Waals surface area contributed by atoms with Gasteiger partial charge < -0.3 is 19.9 Å². The number of halogens is 2. The smallest absolute Gasteiger partial charge is 0.233 e. The standard InChI is InChI=1S/C23H28N6O3.2ClH/c1-22(2)10-15(11-23(3,4)29-22)32-19-7-6-16(27-28-19)21-18(30)8-14(12-24-21)17-9-20(31-5)26-13-25-17;;/h6-9,12-13,15,29-30H,10-11H2,1-5H3;2*1H. The SMILES string of the molecule is COc1cc(-c2cnc(-c3ccc(OC4CC(C)(C)NC(C)(C)C4)nn3)c(O)c2)ncn1.Cl.Cl. The van der Waals surface area contributed by atoms with Gasteiger partial charge in [-0.3, -0.25) is 0 Å². The minimum Gasteiger partial charge on any atom is -0.506 e. The average Bonchev–Trinajstić information content (AvgIpc) is 2.72. The first-order valence-electron chi connectivity index (χ1n) is 10.5. The highest BCUT2D eigenvalue weighted by Crippen LogP contribution is 2.32. The van der Waals surface area contributed by atoms with E-state index in [1.807, 2.05) is 0 Å². The quantitative estimate of drug-likeness (QED) is 0.521. The van der Waals surface area contributed by atoms with Gasteiger partial charge in [0.25, 0.3) is 0 Å². The molecule has 0 aromatic carbocycles. The second-order valence-electron chi connectivity index (χ2n) is 9.34. The van der Waals surface area contributed by atoms with E-state index in [0.717, 1.165) is 12.8 Å². The molecule has 3 aromatic rings. The number of ether oxygens (including phenoxy) is 2. The second-order valence-corrected chi connectivity index (χ2v) is 9.34. The lowest BCUT2D eigenvalue weighted by Crippen LogP contribution is -2.60. The summed E-state index contributed by atoms with van der Waals surface area (Å²) in [7, 11) is 1.53. The third-order valence-electron chi connectivity index (χ3n) is 5.34. The van der Waals surface area contributed by atoms with Gasteiger partial charge in [0.05, 0.1) is 12.8 Å². The third-order valence-corrected chi connectivity index (χ3v) is 5.34. The number of rotatable bonds is 5. The first kappa shape index (κ1) is 27.5. The summed E-state index contributed by atoms with van der Waals surface area (Å²) >= 11 is 0. The number of nitrogens with zero attached hydrogens (tertiary/aromatic N) is 5. The zero-order valence-corrected chi connectivity index (χ0v) is 21.4. The summed E-state index contributed by atoms with van der Waals surface area (Å²) in [4.78, 5) is 12.5. The number of aromatic nitrogens is 5. The van der Waals surface area contributed by atoms with E-state index >= 15 is 0 Å². The highest BCUT2D eigenvalue weighted by molar-refractivity contribution is 5.85. The molecule has 1 aliphatic heterocycles. The summed E-state index contributed by atoms with van der Waals surface area (Å²) in [5.74, 6) is 0.863. The van der Waals surface area contributed by atoms with Gasteiger partial charge in [-0.2, -0.15) is 0 Å². The van der Waals surface area contributed by atoms with Crippen molar-refractivity contribution in [1.29, 1.82) is 0 Å².